The van der Waals surface area contributed by atoms with Crippen molar-refractivity contribution in [1.82, 2.24) is 5.32 Å². The number of nitrogens with one attached hydrogen (secondary N) is 1. The van der Waals surface area contributed by atoms with Crippen LogP contribution in [0.5, 0.6) is 11.5 Å². The van der Waals surface area contributed by atoms with Gasteiger partial charge in [0.2, 0.25) is 0 Å². The summed E-state index contributed by atoms with van der Waals surface area (Å²) in [6, 6.07) is 12.0. The molecule has 1 aromatic heterocycles. The van der Waals surface area contributed by atoms with E-state index in [9.17, 15) is 4.79 Å². The highest BCUT2D eigenvalue weighted by Crippen LogP contribution is 2.34. The maximum Gasteiger partial charge on any atom is 0.257 e. The summed E-state index contributed by atoms with van der Waals surface area (Å²) < 4.78 is 14.1. The summed E-state index contributed by atoms with van der Waals surface area (Å²) in [6.07, 6.45) is 18.9. The molecular formula is C34H55IN2O3. The molecule has 0 aliphatic rings. The van der Waals surface area contributed by atoms with E-state index in [1.807, 2.05) is 43.6 Å². The molecule has 0 saturated carbocycles. The quantitative estimate of drug-likeness (QED) is 0.128. The number of pyridine rings is 1. The van der Waals surface area contributed by atoms with E-state index >= 15 is 0 Å². The standard InChI is InChI=1S/C34H54N2O3.HI/c1-6-7-8-9-10-11-12-13-14-15-16-19-26-38-32-22-21-30(27-31(32)34(2,3)4)39-28-33(37)35-24-23-29-20-17-18-25-36(29)5;/h17-18,20-22,25,27H,6-16,19,23-24,26,28H2,1-5H3;1H. The molecule has 0 aliphatic heterocycles. The van der Waals surface area contributed by atoms with Gasteiger partial charge >= 0.3 is 0 Å². The molecular weight excluding hydrogens is 611 g/mol. The lowest BCUT2D eigenvalue weighted by Crippen LogP contribution is -3.00. The van der Waals surface area contributed by atoms with Crippen LogP contribution in [0.3, 0.4) is 0 Å². The average molecular weight is 667 g/mol. The van der Waals surface area contributed by atoms with Crippen LogP contribution in [0, 0.1) is 0 Å². The summed E-state index contributed by atoms with van der Waals surface area (Å²) in [5, 5.41) is 2.95. The molecule has 2 rings (SSSR count). The lowest BCUT2D eigenvalue weighted by Gasteiger charge is -2.24. The zero-order chi connectivity index (χ0) is 28.3. The Bertz CT molecular complexity index is 958. The lowest BCUT2D eigenvalue weighted by molar-refractivity contribution is -0.679. The predicted molar refractivity (Wildman–Crippen MR) is 162 cm³/mol. The van der Waals surface area contributed by atoms with E-state index in [4.69, 9.17) is 9.47 Å². The fourth-order valence-corrected chi connectivity index (χ4v) is 4.78. The molecule has 226 valence electrons. The minimum Gasteiger partial charge on any atom is -1.00 e. The van der Waals surface area contributed by atoms with Crippen molar-refractivity contribution in [2.24, 2.45) is 7.05 Å². The highest BCUT2D eigenvalue weighted by Gasteiger charge is 2.20. The van der Waals surface area contributed by atoms with Crippen LogP contribution in [-0.4, -0.2) is 25.7 Å². The molecule has 0 bridgehead atoms. The third kappa shape index (κ3) is 15.2. The second kappa shape index (κ2) is 21.0. The van der Waals surface area contributed by atoms with E-state index in [0.29, 0.717) is 12.3 Å². The number of amides is 1. The third-order valence-corrected chi connectivity index (χ3v) is 7.25. The number of aryl methyl sites for hydroxylation is 1. The minimum atomic E-state index is -0.113. The molecule has 1 aromatic carbocycles. The molecule has 6 heteroatoms. The van der Waals surface area contributed by atoms with E-state index < -0.39 is 0 Å². The van der Waals surface area contributed by atoms with Crippen LogP contribution in [0.2, 0.25) is 0 Å². The first-order valence-corrected chi connectivity index (χ1v) is 15.4. The maximum atomic E-state index is 12.3. The highest BCUT2D eigenvalue weighted by molar-refractivity contribution is 5.77. The van der Waals surface area contributed by atoms with Crippen LogP contribution in [0.4, 0.5) is 0 Å². The van der Waals surface area contributed by atoms with Crippen molar-refractivity contribution in [3.8, 4) is 11.5 Å². The fourth-order valence-electron chi connectivity index (χ4n) is 4.78. The van der Waals surface area contributed by atoms with Gasteiger partial charge in [-0.1, -0.05) is 104 Å². The zero-order valence-electron chi connectivity index (χ0n) is 25.9. The number of nitrogens with zero attached hydrogens (tertiary/aromatic N) is 1. The van der Waals surface area contributed by atoms with Crippen molar-refractivity contribution in [3.63, 3.8) is 0 Å². The first-order chi connectivity index (χ1) is 18.8. The molecule has 0 fully saturated rings. The molecule has 1 heterocycles. The number of rotatable bonds is 20. The predicted octanol–water partition coefficient (Wildman–Crippen LogP) is 4.63. The Morgan fingerprint density at radius 2 is 1.48 bits per heavy atom. The fraction of sp³-hybridized carbons (Fsp3) is 0.647. The van der Waals surface area contributed by atoms with Crippen LogP contribution in [-0.2, 0) is 23.7 Å². The average Bonchev–Trinajstić information content (AvgIpc) is 2.91. The van der Waals surface area contributed by atoms with Crippen LogP contribution >= 0.6 is 0 Å². The van der Waals surface area contributed by atoms with Gasteiger partial charge < -0.3 is 38.8 Å². The first kappa shape index (κ1) is 36.2. The van der Waals surface area contributed by atoms with Crippen LogP contribution in [0.25, 0.3) is 0 Å². The molecule has 5 nitrogen and oxygen atoms in total. The largest absolute Gasteiger partial charge is 1.00 e. The molecule has 2 aromatic rings. The van der Waals surface area contributed by atoms with Gasteiger partial charge in [-0.2, -0.15) is 0 Å². The number of hydrogen-bond acceptors (Lipinski definition) is 3. The normalized spacial score (nSPS) is 11.1. The SMILES string of the molecule is CCCCCCCCCCCCCCOc1ccc(OCC(=O)NCCc2cccc[n+]2C)cc1C(C)(C)C.[I-]. The maximum absolute atomic E-state index is 12.3. The molecule has 0 unspecified atom stereocenters. The van der Waals surface area contributed by atoms with Crippen LogP contribution < -0.4 is 43.3 Å². The number of carbonyl (C=O) groups is 1. The van der Waals surface area contributed by atoms with Gasteiger partial charge in [0.15, 0.2) is 18.5 Å². The smallest absolute Gasteiger partial charge is 0.257 e. The monoisotopic (exact) mass is 666 g/mol. The van der Waals surface area contributed by atoms with Gasteiger partial charge in [-0.3, -0.25) is 4.79 Å². The van der Waals surface area contributed by atoms with Gasteiger partial charge in [0.25, 0.3) is 5.91 Å². The van der Waals surface area contributed by atoms with Crippen LogP contribution in [0.15, 0.2) is 42.6 Å². The summed E-state index contributed by atoms with van der Waals surface area (Å²) >= 11 is 0. The number of ether oxygens (including phenoxy) is 2. The molecule has 1 N–H and O–H groups in total. The summed E-state index contributed by atoms with van der Waals surface area (Å²) in [5.74, 6) is 1.50. The highest BCUT2D eigenvalue weighted by atomic mass is 127. The summed E-state index contributed by atoms with van der Waals surface area (Å²) in [4.78, 5) is 12.3. The second-order valence-electron chi connectivity index (χ2n) is 11.8. The number of unbranched alkanes of at least 4 members (excludes halogenated alkanes) is 11. The van der Waals surface area contributed by atoms with Gasteiger partial charge in [-0.05, 0) is 30.0 Å². The van der Waals surface area contributed by atoms with Gasteiger partial charge in [0.1, 0.15) is 18.5 Å². The van der Waals surface area contributed by atoms with Crippen molar-refractivity contribution in [3.05, 3.63) is 53.9 Å². The Labute approximate surface area is 261 Å². The number of aromatic nitrogens is 1. The second-order valence-corrected chi connectivity index (χ2v) is 11.8. The summed E-state index contributed by atoms with van der Waals surface area (Å²) in [5.41, 5.74) is 2.20. The third-order valence-electron chi connectivity index (χ3n) is 7.25. The number of benzene rings is 1. The van der Waals surface area contributed by atoms with Crippen LogP contribution in [0.1, 0.15) is 116 Å². The molecule has 0 atom stereocenters. The lowest BCUT2D eigenvalue weighted by atomic mass is 9.86. The summed E-state index contributed by atoms with van der Waals surface area (Å²) in [7, 11) is 2.01. The Morgan fingerprint density at radius 3 is 2.08 bits per heavy atom. The van der Waals surface area contributed by atoms with Gasteiger partial charge in [-0.25, -0.2) is 4.57 Å². The van der Waals surface area contributed by atoms with E-state index in [1.165, 1.54) is 76.3 Å². The molecule has 0 radical (unpaired) electrons. The topological polar surface area (TPSA) is 51.4 Å². The van der Waals surface area contributed by atoms with Crippen molar-refractivity contribution < 1.29 is 42.8 Å². The van der Waals surface area contributed by atoms with Gasteiger partial charge in [0, 0.05) is 30.7 Å². The Morgan fingerprint density at radius 1 is 0.850 bits per heavy atom. The zero-order valence-corrected chi connectivity index (χ0v) is 28.1. The van der Waals surface area contributed by atoms with Crippen molar-refractivity contribution in [2.45, 2.75) is 117 Å². The molecule has 0 aliphatic carbocycles. The van der Waals surface area contributed by atoms with Gasteiger partial charge in [0.05, 0.1) is 6.61 Å². The minimum absolute atomic E-state index is 0. The Kier molecular flexibility index (Phi) is 19.0. The van der Waals surface area contributed by atoms with Gasteiger partial charge in [-0.15, -0.1) is 0 Å². The molecule has 0 saturated heterocycles. The molecule has 1 amide bonds. The van der Waals surface area contributed by atoms with Crippen molar-refractivity contribution in [1.29, 1.82) is 0 Å². The number of carbonyl (C=O) groups excluding carboxylic acids is 1. The number of hydrogen-bond donors (Lipinski definition) is 1. The Hall–Kier alpha value is -1.83. The van der Waals surface area contributed by atoms with E-state index in [0.717, 1.165) is 30.8 Å². The molecule has 40 heavy (non-hydrogen) atoms. The molecule has 0 spiro atoms. The first-order valence-electron chi connectivity index (χ1n) is 15.4. The van der Waals surface area contributed by atoms with Crippen molar-refractivity contribution in [2.75, 3.05) is 19.8 Å². The van der Waals surface area contributed by atoms with E-state index in [1.54, 1.807) is 0 Å². The van der Waals surface area contributed by atoms with Crippen molar-refractivity contribution >= 4 is 5.91 Å². The summed E-state index contributed by atoms with van der Waals surface area (Å²) in [6.45, 7) is 10.1. The van der Waals surface area contributed by atoms with E-state index in [-0.39, 0.29) is 41.9 Å². The number of halogens is 1. The van der Waals surface area contributed by atoms with E-state index in [2.05, 4.69) is 43.6 Å². The Balaban J connectivity index is 0.00000800.